The molecule has 0 aliphatic carbocycles. The Kier molecular flexibility index (Phi) is 19.0. The number of rotatable bonds is 21. The van der Waals surface area contributed by atoms with E-state index in [2.05, 4.69) is 10.6 Å². The first-order valence-electron chi connectivity index (χ1n) is 19.2. The molecule has 15 nitrogen and oxygen atoms in total. The summed E-state index contributed by atoms with van der Waals surface area (Å²) in [6.07, 6.45) is -0.548. The third kappa shape index (κ3) is 25.1. The van der Waals surface area contributed by atoms with E-state index in [0.29, 0.717) is 0 Å². The number of amides is 2. The average Bonchev–Trinajstić information content (AvgIpc) is 2.96. The zero-order valence-corrected chi connectivity index (χ0v) is 36.3. The van der Waals surface area contributed by atoms with E-state index in [4.69, 9.17) is 18.9 Å². The Bertz CT molecular complexity index is 1190. The summed E-state index contributed by atoms with van der Waals surface area (Å²) >= 11 is 0. The van der Waals surface area contributed by atoms with Gasteiger partial charge in [0.1, 0.15) is 22.4 Å². The van der Waals surface area contributed by atoms with Gasteiger partial charge in [-0.3, -0.25) is 38.9 Å². The minimum Gasteiger partial charge on any atom is -0.460 e. The van der Waals surface area contributed by atoms with Crippen LogP contribution in [-0.2, 0) is 47.7 Å². The first-order chi connectivity index (χ1) is 24.5. The van der Waals surface area contributed by atoms with Crippen LogP contribution >= 0.6 is 0 Å². The Morgan fingerprint density at radius 2 is 0.636 bits per heavy atom. The molecule has 0 aromatic heterocycles. The maximum Gasteiger partial charge on any atom is 0.306 e. The smallest absolute Gasteiger partial charge is 0.306 e. The van der Waals surface area contributed by atoms with Crippen molar-refractivity contribution in [3.63, 3.8) is 0 Å². The lowest BCUT2D eigenvalue weighted by Gasteiger charge is -2.32. The second kappa shape index (κ2) is 20.4. The quantitative estimate of drug-likeness (QED) is 0.0532. The lowest BCUT2D eigenvalue weighted by Crippen LogP contribution is -2.48. The summed E-state index contributed by atoms with van der Waals surface area (Å²) < 4.78 is 21.7. The third-order valence-corrected chi connectivity index (χ3v) is 8.31. The fourth-order valence-corrected chi connectivity index (χ4v) is 5.45. The zero-order chi connectivity index (χ0) is 43.3. The van der Waals surface area contributed by atoms with Crippen molar-refractivity contribution >= 4 is 35.7 Å². The topological polar surface area (TPSA) is 207 Å². The van der Waals surface area contributed by atoms with Gasteiger partial charge in [0.25, 0.3) is 0 Å². The van der Waals surface area contributed by atoms with Crippen molar-refractivity contribution in [2.45, 2.75) is 220 Å². The van der Waals surface area contributed by atoms with E-state index in [0.717, 1.165) is 0 Å². The summed E-state index contributed by atoms with van der Waals surface area (Å²) in [6, 6.07) is 0. The van der Waals surface area contributed by atoms with Crippen molar-refractivity contribution in [1.82, 2.24) is 10.6 Å². The number of esters is 4. The van der Waals surface area contributed by atoms with Crippen molar-refractivity contribution < 1.29 is 52.6 Å². The Morgan fingerprint density at radius 1 is 0.418 bits per heavy atom. The standard InChI is InChI=1S/C40H71N3O12/c1-34(2,3)52-30(46)18-22-38(13,23-19-31(47)53-35(4,5)6)41-28(44)16-26-40(15,43(50)51)27-17-29(45)42-39(14,24-20-32(48)54-36(7,8)9)25-21-33(49)55-37(10,11)12/h16-27H2,1-15H3,(H,41,44)(H,42,45). The van der Waals surface area contributed by atoms with Gasteiger partial charge in [-0.25, -0.2) is 0 Å². The summed E-state index contributed by atoms with van der Waals surface area (Å²) in [5, 5.41) is 18.1. The van der Waals surface area contributed by atoms with Crippen molar-refractivity contribution in [2.75, 3.05) is 0 Å². The van der Waals surface area contributed by atoms with Gasteiger partial charge in [-0.15, -0.1) is 0 Å². The summed E-state index contributed by atoms with van der Waals surface area (Å²) in [5.74, 6) is -2.95. The van der Waals surface area contributed by atoms with Crippen molar-refractivity contribution in [3.8, 4) is 0 Å². The molecule has 0 saturated heterocycles. The highest BCUT2D eigenvalue weighted by molar-refractivity contribution is 5.78. The Balaban J connectivity index is 5.79. The molecule has 0 fully saturated rings. The van der Waals surface area contributed by atoms with Gasteiger partial charge in [0.05, 0.1) is 0 Å². The molecule has 0 heterocycles. The number of ether oxygens (including phenoxy) is 4. The van der Waals surface area contributed by atoms with Gasteiger partial charge in [-0.1, -0.05) is 0 Å². The van der Waals surface area contributed by atoms with Gasteiger partial charge in [0.15, 0.2) is 0 Å². The minimum absolute atomic E-state index is 0.0431. The largest absolute Gasteiger partial charge is 0.460 e. The van der Waals surface area contributed by atoms with Crippen LogP contribution in [0.2, 0.25) is 0 Å². The van der Waals surface area contributed by atoms with Crippen LogP contribution in [0.5, 0.6) is 0 Å². The highest BCUT2D eigenvalue weighted by atomic mass is 16.6. The molecule has 2 N–H and O–H groups in total. The molecule has 0 spiro atoms. The number of carbonyl (C=O) groups is 6. The van der Waals surface area contributed by atoms with Crippen LogP contribution in [0.1, 0.15) is 181 Å². The third-order valence-electron chi connectivity index (χ3n) is 8.31. The highest BCUT2D eigenvalue weighted by Crippen LogP contribution is 2.27. The van der Waals surface area contributed by atoms with Crippen molar-refractivity contribution in [1.29, 1.82) is 0 Å². The Labute approximate surface area is 328 Å². The molecule has 0 radical (unpaired) electrons. The summed E-state index contributed by atoms with van der Waals surface area (Å²) in [4.78, 5) is 88.5. The first kappa shape index (κ1) is 51.2. The molecule has 0 aromatic carbocycles. The van der Waals surface area contributed by atoms with Crippen LogP contribution in [0, 0.1) is 10.1 Å². The SMILES string of the molecule is CC(CCC(=O)OC(C)(C)C)(CCC(=O)OC(C)(C)C)NC(=O)CCC(C)(CCC(=O)NC(C)(CCC(=O)OC(C)(C)C)CCC(=O)OC(C)(C)C)[N+](=O)[O-]. The second-order valence-corrected chi connectivity index (χ2v) is 19.3. The molecule has 0 aliphatic rings. The number of nitro groups is 1. The van der Waals surface area contributed by atoms with Gasteiger partial charge >= 0.3 is 23.9 Å². The Morgan fingerprint density at radius 3 is 0.818 bits per heavy atom. The van der Waals surface area contributed by atoms with E-state index < -0.39 is 79.6 Å². The summed E-state index contributed by atoms with van der Waals surface area (Å²) in [6.45, 7) is 25.6. The monoisotopic (exact) mass is 786 g/mol. The van der Waals surface area contributed by atoms with Crippen LogP contribution in [0.25, 0.3) is 0 Å². The van der Waals surface area contributed by atoms with Gasteiger partial charge < -0.3 is 29.6 Å². The normalized spacial score (nSPS) is 13.0. The molecule has 15 heteroatoms. The number of carbonyl (C=O) groups excluding carboxylic acids is 6. The Hall–Kier alpha value is -3.78. The molecule has 0 saturated carbocycles. The number of nitrogens with one attached hydrogen (secondary N) is 2. The van der Waals surface area contributed by atoms with E-state index in [1.807, 2.05) is 0 Å². The predicted molar refractivity (Wildman–Crippen MR) is 207 cm³/mol. The van der Waals surface area contributed by atoms with E-state index in [9.17, 15) is 38.9 Å². The van der Waals surface area contributed by atoms with Crippen LogP contribution < -0.4 is 10.6 Å². The molecule has 0 rings (SSSR count). The van der Waals surface area contributed by atoms with Gasteiger partial charge in [0, 0.05) is 74.3 Å². The molecule has 0 atom stereocenters. The predicted octanol–water partition coefficient (Wildman–Crippen LogP) is 6.82. The average molecular weight is 786 g/mol. The van der Waals surface area contributed by atoms with Gasteiger partial charge in [0.2, 0.25) is 17.4 Å². The van der Waals surface area contributed by atoms with Crippen molar-refractivity contribution in [2.24, 2.45) is 0 Å². The fourth-order valence-electron chi connectivity index (χ4n) is 5.45. The van der Waals surface area contributed by atoms with E-state index in [-0.39, 0.29) is 77.0 Å². The zero-order valence-electron chi connectivity index (χ0n) is 36.3. The maximum atomic E-state index is 13.3. The van der Waals surface area contributed by atoms with E-state index in [1.54, 1.807) is 96.9 Å². The maximum absolute atomic E-state index is 13.3. The lowest BCUT2D eigenvalue weighted by atomic mass is 9.87. The van der Waals surface area contributed by atoms with E-state index in [1.165, 1.54) is 6.92 Å². The fraction of sp³-hybridized carbons (Fsp3) is 0.850. The van der Waals surface area contributed by atoms with Crippen LogP contribution in [-0.4, -0.2) is 79.6 Å². The molecule has 0 unspecified atom stereocenters. The van der Waals surface area contributed by atoms with Crippen LogP contribution in [0.15, 0.2) is 0 Å². The number of hydrogen-bond acceptors (Lipinski definition) is 12. The molecule has 0 bridgehead atoms. The first-order valence-corrected chi connectivity index (χ1v) is 19.2. The van der Waals surface area contributed by atoms with E-state index >= 15 is 0 Å². The van der Waals surface area contributed by atoms with Crippen molar-refractivity contribution in [3.05, 3.63) is 10.1 Å². The molecule has 2 amide bonds. The van der Waals surface area contributed by atoms with Gasteiger partial charge in [-0.05, 0) is 123 Å². The second-order valence-electron chi connectivity index (χ2n) is 19.3. The molecule has 318 valence electrons. The number of nitrogens with zero attached hydrogens (tertiary/aromatic N) is 1. The molecule has 0 aliphatic heterocycles. The molecule has 55 heavy (non-hydrogen) atoms. The van der Waals surface area contributed by atoms with Crippen LogP contribution in [0.3, 0.4) is 0 Å². The lowest BCUT2D eigenvalue weighted by molar-refractivity contribution is -0.567. The molecular formula is C40H71N3O12. The minimum atomic E-state index is -1.67. The summed E-state index contributed by atoms with van der Waals surface area (Å²) in [7, 11) is 0. The summed E-state index contributed by atoms with van der Waals surface area (Å²) in [5.41, 5.74) is -6.60. The van der Waals surface area contributed by atoms with Crippen LogP contribution in [0.4, 0.5) is 0 Å². The highest BCUT2D eigenvalue weighted by Gasteiger charge is 2.40. The molecular weight excluding hydrogens is 714 g/mol. The van der Waals surface area contributed by atoms with Gasteiger partial charge in [-0.2, -0.15) is 0 Å². The number of hydrogen-bond donors (Lipinski definition) is 2. The molecule has 0 aromatic rings.